The van der Waals surface area contributed by atoms with E-state index in [4.69, 9.17) is 17.3 Å². The van der Waals surface area contributed by atoms with Gasteiger partial charge in [0.2, 0.25) is 0 Å². The molecule has 0 saturated carbocycles. The van der Waals surface area contributed by atoms with Crippen molar-refractivity contribution in [1.29, 1.82) is 0 Å². The van der Waals surface area contributed by atoms with Crippen molar-refractivity contribution in [3.63, 3.8) is 0 Å². The number of aromatic nitrogens is 1. The number of H-pyrrole nitrogens is 1. The van der Waals surface area contributed by atoms with Gasteiger partial charge in [-0.25, -0.2) is 0 Å². The van der Waals surface area contributed by atoms with Crippen molar-refractivity contribution >= 4 is 42.5 Å². The molecule has 0 aliphatic carbocycles. The number of aromatic amines is 1. The zero-order valence-electron chi connectivity index (χ0n) is 6.40. The first-order chi connectivity index (χ1) is 6.16. The van der Waals surface area contributed by atoms with Crippen LogP contribution in [0.15, 0.2) is 18.2 Å². The van der Waals surface area contributed by atoms with Crippen molar-refractivity contribution in [3.8, 4) is 0 Å². The van der Waals surface area contributed by atoms with Crippen molar-refractivity contribution in [1.82, 2.24) is 4.98 Å². The van der Waals surface area contributed by atoms with E-state index in [9.17, 15) is 4.79 Å². The van der Waals surface area contributed by atoms with Crippen LogP contribution in [0.1, 0.15) is 10.4 Å². The van der Waals surface area contributed by atoms with Gasteiger partial charge < -0.3 is 0 Å². The van der Waals surface area contributed by atoms with Crippen molar-refractivity contribution < 1.29 is 9.90 Å². The van der Waals surface area contributed by atoms with Crippen LogP contribution in [0.3, 0.4) is 0 Å². The monoisotopic (exact) mass is 259 g/mol. The third-order valence-corrected chi connectivity index (χ3v) is 3.98. The van der Waals surface area contributed by atoms with E-state index in [0.29, 0.717) is 5.56 Å². The number of rotatable bonds is 1. The molecule has 2 N–H and O–H groups in total. The van der Waals surface area contributed by atoms with Crippen molar-refractivity contribution in [3.05, 3.63) is 27.3 Å². The molecule has 1 aromatic carbocycles. The number of carboxylic acid groups (broad SMARTS) is 1. The minimum absolute atomic E-state index is 0.0934. The first kappa shape index (κ1) is 8.69. The summed E-state index contributed by atoms with van der Waals surface area (Å²) in [5.74, 6) is -0.892. The van der Waals surface area contributed by atoms with Gasteiger partial charge in [-0.1, -0.05) is 0 Å². The molecule has 1 aromatic heterocycles. The molecule has 0 aliphatic rings. The van der Waals surface area contributed by atoms with Crippen LogP contribution in [0.2, 0.25) is 0 Å². The summed E-state index contributed by atoms with van der Waals surface area (Å²) in [5, 5.41) is 8.74. The molecular formula is C8H5NO2SSe. The van der Waals surface area contributed by atoms with Crippen molar-refractivity contribution in [2.75, 3.05) is 0 Å². The summed E-state index contributed by atoms with van der Waals surface area (Å²) in [5.41, 5.74) is 1.28. The maximum atomic E-state index is 10.6. The third kappa shape index (κ3) is 1.58. The molecule has 0 radical (unpaired) electrons. The van der Waals surface area contributed by atoms with E-state index in [1.54, 1.807) is 18.2 Å². The Kier molecular flexibility index (Phi) is 2.07. The SMILES string of the molecule is O=C(O)c1ccc2[nH]c(=S)[se]c2c1. The van der Waals surface area contributed by atoms with Gasteiger partial charge in [0.1, 0.15) is 0 Å². The molecule has 2 aromatic rings. The van der Waals surface area contributed by atoms with Gasteiger partial charge in [-0.05, 0) is 0 Å². The van der Waals surface area contributed by atoms with Crippen LogP contribution >= 0.6 is 12.2 Å². The summed E-state index contributed by atoms with van der Waals surface area (Å²) in [6, 6.07) is 5.03. The zero-order valence-corrected chi connectivity index (χ0v) is 8.93. The molecule has 0 fully saturated rings. The summed E-state index contributed by atoms with van der Waals surface area (Å²) in [6.45, 7) is 0. The van der Waals surface area contributed by atoms with Crippen molar-refractivity contribution in [2.45, 2.75) is 0 Å². The Hall–Kier alpha value is -0.901. The fourth-order valence-electron chi connectivity index (χ4n) is 1.08. The van der Waals surface area contributed by atoms with E-state index in [1.807, 2.05) is 0 Å². The molecule has 13 heavy (non-hydrogen) atoms. The Morgan fingerprint density at radius 3 is 3.00 bits per heavy atom. The van der Waals surface area contributed by atoms with Gasteiger partial charge in [0.05, 0.1) is 0 Å². The zero-order chi connectivity index (χ0) is 9.42. The van der Waals surface area contributed by atoms with Crippen LogP contribution in [-0.4, -0.2) is 30.6 Å². The van der Waals surface area contributed by atoms with Crippen LogP contribution in [0, 0.1) is 3.51 Å². The Balaban J connectivity index is 2.74. The average Bonchev–Trinajstić information content (AvgIpc) is 2.42. The Morgan fingerprint density at radius 1 is 1.54 bits per heavy atom. The third-order valence-electron chi connectivity index (χ3n) is 1.67. The number of hydrogen-bond acceptors (Lipinski definition) is 2. The molecule has 2 rings (SSSR count). The fraction of sp³-hybridized carbons (Fsp3) is 0. The molecule has 0 bridgehead atoms. The van der Waals surface area contributed by atoms with E-state index in [1.165, 1.54) is 0 Å². The standard InChI is InChI=1S/C8H5NO2SSe/c10-7(11)4-1-2-5-6(3-4)13-8(12)9-5/h1-3H,(H,9,12)(H,10,11). The van der Waals surface area contributed by atoms with Crippen LogP contribution in [0.5, 0.6) is 0 Å². The molecule has 3 nitrogen and oxygen atoms in total. The maximum absolute atomic E-state index is 10.6. The number of benzene rings is 1. The number of nitrogens with one attached hydrogen (secondary N) is 1. The van der Waals surface area contributed by atoms with Gasteiger partial charge in [0.25, 0.3) is 0 Å². The van der Waals surface area contributed by atoms with E-state index < -0.39 is 5.97 Å². The summed E-state index contributed by atoms with van der Waals surface area (Å²) in [6.07, 6.45) is 0. The Labute approximate surface area is 84.8 Å². The van der Waals surface area contributed by atoms with E-state index in [2.05, 4.69) is 4.98 Å². The molecular weight excluding hydrogens is 253 g/mol. The molecule has 1 heterocycles. The number of carbonyl (C=O) groups is 1. The van der Waals surface area contributed by atoms with Gasteiger partial charge in [0, 0.05) is 0 Å². The number of hydrogen-bond donors (Lipinski definition) is 2. The normalized spacial score (nSPS) is 10.5. The quantitative estimate of drug-likeness (QED) is 0.604. The second-order valence-electron chi connectivity index (χ2n) is 2.53. The summed E-state index contributed by atoms with van der Waals surface area (Å²) in [7, 11) is 0. The van der Waals surface area contributed by atoms with Crippen LogP contribution in [0.4, 0.5) is 0 Å². The molecule has 0 atom stereocenters. The second kappa shape index (κ2) is 3.10. The topological polar surface area (TPSA) is 53.1 Å². The molecule has 66 valence electrons. The predicted octanol–water partition coefficient (Wildman–Crippen LogP) is 1.65. The molecule has 0 aliphatic heterocycles. The molecule has 5 heteroatoms. The summed E-state index contributed by atoms with van der Waals surface area (Å²) >= 11 is 5.10. The van der Waals surface area contributed by atoms with Crippen LogP contribution < -0.4 is 0 Å². The molecule has 0 unspecified atom stereocenters. The van der Waals surface area contributed by atoms with E-state index in [-0.39, 0.29) is 14.5 Å². The second-order valence-corrected chi connectivity index (χ2v) is 5.73. The van der Waals surface area contributed by atoms with Gasteiger partial charge >= 0.3 is 84.6 Å². The van der Waals surface area contributed by atoms with E-state index in [0.717, 1.165) is 13.3 Å². The fourth-order valence-corrected chi connectivity index (χ4v) is 3.28. The average molecular weight is 258 g/mol. The van der Waals surface area contributed by atoms with Gasteiger partial charge in [-0.3, -0.25) is 0 Å². The Morgan fingerprint density at radius 2 is 2.31 bits per heavy atom. The minimum atomic E-state index is -0.892. The van der Waals surface area contributed by atoms with E-state index >= 15 is 0 Å². The van der Waals surface area contributed by atoms with Gasteiger partial charge in [0.15, 0.2) is 0 Å². The first-order valence-electron chi connectivity index (χ1n) is 3.53. The predicted molar refractivity (Wildman–Crippen MR) is 53.0 cm³/mol. The van der Waals surface area contributed by atoms with Crippen LogP contribution in [-0.2, 0) is 0 Å². The van der Waals surface area contributed by atoms with Gasteiger partial charge in [-0.2, -0.15) is 0 Å². The van der Waals surface area contributed by atoms with Crippen molar-refractivity contribution in [2.24, 2.45) is 0 Å². The summed E-state index contributed by atoms with van der Waals surface area (Å²) < 4.78 is 1.84. The van der Waals surface area contributed by atoms with Gasteiger partial charge in [-0.15, -0.1) is 0 Å². The molecule has 0 amide bonds. The molecule has 0 spiro atoms. The summed E-state index contributed by atoms with van der Waals surface area (Å²) in [4.78, 5) is 13.7. The first-order valence-corrected chi connectivity index (χ1v) is 5.65. The molecule has 0 saturated heterocycles. The Bertz CT molecular complexity index is 528. The van der Waals surface area contributed by atoms with Crippen LogP contribution in [0.25, 0.3) is 9.78 Å². The number of carboxylic acids is 1. The number of aromatic carboxylic acids is 1. The number of fused-ring (bicyclic) bond motifs is 1.